The molecule has 0 saturated heterocycles. The van der Waals surface area contributed by atoms with Crippen LogP contribution in [0.1, 0.15) is 5.56 Å². The highest BCUT2D eigenvalue weighted by Crippen LogP contribution is 2.28. The maximum atomic E-state index is 12.2. The number of ether oxygens (including phenoxy) is 1. The van der Waals surface area contributed by atoms with Crippen molar-refractivity contribution in [2.24, 2.45) is 0 Å². The maximum Gasteiger partial charge on any atom is 0.573 e. The molecule has 0 saturated carbocycles. The highest BCUT2D eigenvalue weighted by molar-refractivity contribution is 6.29. The number of aliphatic carboxylic acids is 1. The van der Waals surface area contributed by atoms with Crippen molar-refractivity contribution in [2.75, 3.05) is 0 Å². The predicted molar refractivity (Wildman–Crippen MR) is 72.7 cm³/mol. The van der Waals surface area contributed by atoms with Crippen LogP contribution < -0.4 is 4.74 Å². The second kappa shape index (κ2) is 6.23. The minimum Gasteiger partial charge on any atom is -0.481 e. The number of benzene rings is 1. The van der Waals surface area contributed by atoms with E-state index in [1.54, 1.807) is 0 Å². The molecule has 0 aliphatic carbocycles. The summed E-state index contributed by atoms with van der Waals surface area (Å²) in [6.45, 7) is 0. The van der Waals surface area contributed by atoms with E-state index < -0.39 is 18.1 Å². The Bertz CT molecular complexity index is 704. The zero-order chi connectivity index (χ0) is 16.3. The van der Waals surface area contributed by atoms with Crippen LogP contribution in [-0.4, -0.2) is 22.4 Å². The number of alkyl halides is 3. The molecule has 0 fully saturated rings. The first-order valence-electron chi connectivity index (χ1n) is 5.97. The third-order valence-corrected chi connectivity index (χ3v) is 2.77. The molecule has 1 aromatic carbocycles. The Morgan fingerprint density at radius 1 is 1.27 bits per heavy atom. The molecule has 0 bridgehead atoms. The Labute approximate surface area is 128 Å². The van der Waals surface area contributed by atoms with E-state index in [-0.39, 0.29) is 17.3 Å². The summed E-state index contributed by atoms with van der Waals surface area (Å²) in [4.78, 5) is 14.7. The molecule has 0 amide bonds. The molecule has 2 rings (SSSR count). The van der Waals surface area contributed by atoms with Gasteiger partial charge in [-0.3, -0.25) is 4.79 Å². The molecule has 0 atom stereocenters. The minimum atomic E-state index is -4.80. The van der Waals surface area contributed by atoms with Gasteiger partial charge in [0.25, 0.3) is 0 Å². The van der Waals surface area contributed by atoms with E-state index in [0.717, 1.165) is 12.1 Å². The molecular weight excluding hydrogens is 323 g/mol. The van der Waals surface area contributed by atoms with Crippen molar-refractivity contribution in [1.82, 2.24) is 4.98 Å². The van der Waals surface area contributed by atoms with Crippen LogP contribution in [0.5, 0.6) is 5.75 Å². The van der Waals surface area contributed by atoms with Crippen molar-refractivity contribution in [3.63, 3.8) is 0 Å². The molecule has 22 heavy (non-hydrogen) atoms. The van der Waals surface area contributed by atoms with Gasteiger partial charge in [0.2, 0.25) is 0 Å². The first-order valence-corrected chi connectivity index (χ1v) is 6.35. The largest absolute Gasteiger partial charge is 0.573 e. The van der Waals surface area contributed by atoms with Crippen LogP contribution in [0.25, 0.3) is 11.3 Å². The van der Waals surface area contributed by atoms with Gasteiger partial charge in [0.15, 0.2) is 0 Å². The number of aromatic nitrogens is 1. The zero-order valence-electron chi connectivity index (χ0n) is 10.9. The highest BCUT2D eigenvalue weighted by Gasteiger charge is 2.31. The number of hydrogen-bond donors (Lipinski definition) is 1. The number of pyridine rings is 1. The Hall–Kier alpha value is -2.28. The van der Waals surface area contributed by atoms with Crippen molar-refractivity contribution in [1.29, 1.82) is 0 Å². The molecule has 1 heterocycles. The first-order chi connectivity index (χ1) is 10.2. The fraction of sp³-hybridized carbons (Fsp3) is 0.143. The number of carboxylic acids is 1. The molecule has 0 radical (unpaired) electrons. The molecule has 0 spiro atoms. The summed E-state index contributed by atoms with van der Waals surface area (Å²) >= 11 is 5.81. The lowest BCUT2D eigenvalue weighted by Crippen LogP contribution is -2.17. The smallest absolute Gasteiger partial charge is 0.481 e. The Balaban J connectivity index is 2.37. The number of carboxylic acid groups (broad SMARTS) is 1. The van der Waals surface area contributed by atoms with Crippen LogP contribution >= 0.6 is 11.6 Å². The number of carbonyl (C=O) groups is 1. The molecule has 2 aromatic rings. The number of rotatable bonds is 4. The van der Waals surface area contributed by atoms with Crippen LogP contribution in [0.2, 0.25) is 5.15 Å². The van der Waals surface area contributed by atoms with Gasteiger partial charge < -0.3 is 9.84 Å². The van der Waals surface area contributed by atoms with Gasteiger partial charge in [-0.05, 0) is 29.8 Å². The molecule has 0 aliphatic heterocycles. The Morgan fingerprint density at radius 2 is 2.00 bits per heavy atom. The second-order valence-corrected chi connectivity index (χ2v) is 4.72. The van der Waals surface area contributed by atoms with Gasteiger partial charge in [-0.25, -0.2) is 4.98 Å². The fourth-order valence-corrected chi connectivity index (χ4v) is 2.06. The lowest BCUT2D eigenvalue weighted by atomic mass is 10.1. The van der Waals surface area contributed by atoms with E-state index in [1.165, 1.54) is 24.3 Å². The number of nitrogens with zero attached hydrogens (tertiary/aromatic N) is 1. The molecule has 8 heteroatoms. The molecule has 0 unspecified atom stereocenters. The molecule has 4 nitrogen and oxygen atoms in total. The second-order valence-electron chi connectivity index (χ2n) is 4.33. The molecule has 116 valence electrons. The third kappa shape index (κ3) is 4.63. The number of halogens is 4. The first kappa shape index (κ1) is 16.1. The van der Waals surface area contributed by atoms with Crippen LogP contribution in [0.4, 0.5) is 13.2 Å². The lowest BCUT2D eigenvalue weighted by Gasteiger charge is -2.10. The quantitative estimate of drug-likeness (QED) is 0.862. The normalized spacial score (nSPS) is 11.3. The van der Waals surface area contributed by atoms with E-state index >= 15 is 0 Å². The van der Waals surface area contributed by atoms with Crippen molar-refractivity contribution >= 4 is 17.6 Å². The average Bonchev–Trinajstić information content (AvgIpc) is 2.35. The Morgan fingerprint density at radius 3 is 2.64 bits per heavy atom. The summed E-state index contributed by atoms with van der Waals surface area (Å²) in [6, 6.07) is 8.03. The summed E-state index contributed by atoms with van der Waals surface area (Å²) in [5, 5.41) is 8.83. The zero-order valence-corrected chi connectivity index (χ0v) is 11.6. The van der Waals surface area contributed by atoms with Crippen molar-refractivity contribution in [2.45, 2.75) is 12.8 Å². The van der Waals surface area contributed by atoms with Crippen LogP contribution in [-0.2, 0) is 11.2 Å². The van der Waals surface area contributed by atoms with Gasteiger partial charge in [0.1, 0.15) is 10.9 Å². The third-order valence-electron chi connectivity index (χ3n) is 2.57. The van der Waals surface area contributed by atoms with E-state index in [0.29, 0.717) is 11.1 Å². The summed E-state index contributed by atoms with van der Waals surface area (Å²) in [5.74, 6) is -1.45. The van der Waals surface area contributed by atoms with Crippen LogP contribution in [0.3, 0.4) is 0 Å². The van der Waals surface area contributed by atoms with Gasteiger partial charge >= 0.3 is 12.3 Å². The highest BCUT2D eigenvalue weighted by atomic mass is 35.5. The topological polar surface area (TPSA) is 59.4 Å². The van der Waals surface area contributed by atoms with E-state index in [2.05, 4.69) is 9.72 Å². The van der Waals surface area contributed by atoms with E-state index in [4.69, 9.17) is 16.7 Å². The van der Waals surface area contributed by atoms with Gasteiger partial charge in [-0.2, -0.15) is 0 Å². The van der Waals surface area contributed by atoms with Crippen molar-refractivity contribution in [3.8, 4) is 17.0 Å². The van der Waals surface area contributed by atoms with E-state index in [1.807, 2.05) is 0 Å². The Kier molecular flexibility index (Phi) is 4.56. The maximum absolute atomic E-state index is 12.2. The van der Waals surface area contributed by atoms with Crippen molar-refractivity contribution < 1.29 is 27.8 Å². The summed E-state index contributed by atoms with van der Waals surface area (Å²) in [7, 11) is 0. The molecule has 1 aromatic heterocycles. The summed E-state index contributed by atoms with van der Waals surface area (Å²) in [6.07, 6.45) is -5.07. The lowest BCUT2D eigenvalue weighted by molar-refractivity contribution is -0.274. The molecule has 1 N–H and O–H groups in total. The summed E-state index contributed by atoms with van der Waals surface area (Å²) < 4.78 is 40.5. The van der Waals surface area contributed by atoms with Gasteiger partial charge in [-0.15, -0.1) is 13.2 Å². The minimum absolute atomic E-state index is 0.0518. The van der Waals surface area contributed by atoms with Crippen molar-refractivity contribution in [3.05, 3.63) is 47.1 Å². The predicted octanol–water partition coefficient (Wildman–Crippen LogP) is 3.93. The van der Waals surface area contributed by atoms with Gasteiger partial charge in [0.05, 0.1) is 12.1 Å². The molecule has 0 aliphatic rings. The van der Waals surface area contributed by atoms with Gasteiger partial charge in [0, 0.05) is 5.56 Å². The van der Waals surface area contributed by atoms with Gasteiger partial charge in [-0.1, -0.05) is 23.7 Å². The van der Waals surface area contributed by atoms with Crippen LogP contribution in [0, 0.1) is 0 Å². The standard InChI is InChI=1S/C14H9ClF3NO3/c15-12-5-8(6-13(20)21)4-11(19-12)9-2-1-3-10(7-9)22-14(16,17)18/h1-5,7H,6H2,(H,20,21). The summed E-state index contributed by atoms with van der Waals surface area (Å²) in [5.41, 5.74) is 0.983. The molecular formula is C14H9ClF3NO3. The SMILES string of the molecule is O=C(O)Cc1cc(Cl)nc(-c2cccc(OC(F)(F)F)c2)c1. The fourth-order valence-electron chi connectivity index (χ4n) is 1.83. The number of hydrogen-bond acceptors (Lipinski definition) is 3. The monoisotopic (exact) mass is 331 g/mol. The van der Waals surface area contributed by atoms with Crippen LogP contribution in [0.15, 0.2) is 36.4 Å². The van der Waals surface area contributed by atoms with E-state index in [9.17, 15) is 18.0 Å². The average molecular weight is 332 g/mol.